The van der Waals surface area contributed by atoms with E-state index in [1.165, 1.54) is 42.0 Å². The van der Waals surface area contributed by atoms with Crippen LogP contribution >= 0.6 is 0 Å². The van der Waals surface area contributed by atoms with Gasteiger partial charge in [-0.2, -0.15) is 0 Å². The summed E-state index contributed by atoms with van der Waals surface area (Å²) in [6.07, 6.45) is 5.35. The van der Waals surface area contributed by atoms with Crippen LogP contribution in [-0.2, 0) is 34.6 Å². The first-order valence-corrected chi connectivity index (χ1v) is 6.88. The fraction of sp³-hybridized carbons (Fsp3) is 0.471. The van der Waals surface area contributed by atoms with Crippen molar-refractivity contribution in [1.29, 1.82) is 0 Å². The molecule has 0 atom stereocenters. The molecule has 3 rings (SSSR count). The summed E-state index contributed by atoms with van der Waals surface area (Å²) in [5.74, 6) is 0. The van der Waals surface area contributed by atoms with Gasteiger partial charge in [0, 0.05) is 43.0 Å². The smallest absolute Gasteiger partial charge is 0.0319 e. The molecule has 0 aromatic heterocycles. The van der Waals surface area contributed by atoms with Crippen molar-refractivity contribution in [2.75, 3.05) is 21.3 Å². The number of hydrogen-bond acceptors (Lipinski definition) is 3. The third-order valence-corrected chi connectivity index (χ3v) is 3.58. The van der Waals surface area contributed by atoms with E-state index in [0.717, 1.165) is 21.3 Å². The Morgan fingerprint density at radius 3 is 2.00 bits per heavy atom. The summed E-state index contributed by atoms with van der Waals surface area (Å²) in [7, 11) is 3.00. The molecule has 2 aromatic carbocycles. The molecule has 4 heteroatoms. The molecule has 118 valence electrons. The van der Waals surface area contributed by atoms with Crippen molar-refractivity contribution in [2.45, 2.75) is 32.6 Å². The van der Waals surface area contributed by atoms with Gasteiger partial charge in [0.15, 0.2) is 0 Å². The fourth-order valence-corrected chi connectivity index (χ4v) is 2.85. The first kappa shape index (κ1) is 22.7. The van der Waals surface area contributed by atoms with Crippen LogP contribution in [0, 0.1) is 6.92 Å². The fourth-order valence-electron chi connectivity index (χ4n) is 2.85. The van der Waals surface area contributed by atoms with E-state index in [4.69, 9.17) is 15.3 Å². The maximum absolute atomic E-state index is 7.00. The van der Waals surface area contributed by atoms with Gasteiger partial charge in [0.05, 0.1) is 0 Å². The molecule has 3 nitrogen and oxygen atoms in total. The van der Waals surface area contributed by atoms with Gasteiger partial charge in [0.2, 0.25) is 0 Å². The molecule has 0 saturated heterocycles. The van der Waals surface area contributed by atoms with Crippen molar-refractivity contribution in [2.24, 2.45) is 0 Å². The Bertz CT molecular complexity index is 492. The van der Waals surface area contributed by atoms with Crippen LogP contribution in [0.4, 0.5) is 0 Å². The van der Waals surface area contributed by atoms with E-state index in [1.807, 2.05) is 0 Å². The second kappa shape index (κ2) is 13.1. The maximum atomic E-state index is 7.00. The van der Waals surface area contributed by atoms with Gasteiger partial charge in [-0.1, -0.05) is 32.3 Å². The summed E-state index contributed by atoms with van der Waals surface area (Å²) < 4.78 is 0. The average molecular weight is 327 g/mol. The number of hydrogen-bond donors (Lipinski definition) is 3. The predicted molar refractivity (Wildman–Crippen MR) is 85.3 cm³/mol. The van der Waals surface area contributed by atoms with Crippen LogP contribution in [0.2, 0.25) is 0 Å². The predicted octanol–water partition coefficient (Wildman–Crippen LogP) is 2.57. The summed E-state index contributed by atoms with van der Waals surface area (Å²) in [6, 6.07) is 8.87. The molecule has 2 aromatic rings. The SMILES string of the molecule is CO.CO.CO.C[c-]1c2c(c3ccccc31)CCCC2.[Ti]. The molecule has 21 heavy (non-hydrogen) atoms. The van der Waals surface area contributed by atoms with E-state index in [9.17, 15) is 0 Å². The van der Waals surface area contributed by atoms with Gasteiger partial charge in [-0.05, 0) is 6.42 Å². The Kier molecular flexibility index (Phi) is 14.2. The molecule has 0 heterocycles. The van der Waals surface area contributed by atoms with Crippen LogP contribution in [0.1, 0.15) is 29.5 Å². The maximum Gasteiger partial charge on any atom is 0.0319 e. The Morgan fingerprint density at radius 2 is 1.38 bits per heavy atom. The summed E-state index contributed by atoms with van der Waals surface area (Å²) >= 11 is 0. The molecule has 3 N–H and O–H groups in total. The van der Waals surface area contributed by atoms with Crippen molar-refractivity contribution < 1.29 is 37.0 Å². The summed E-state index contributed by atoms with van der Waals surface area (Å²) in [5.41, 5.74) is 4.83. The van der Waals surface area contributed by atoms with E-state index in [0.29, 0.717) is 0 Å². The second-order valence-electron chi connectivity index (χ2n) is 4.33. The third-order valence-electron chi connectivity index (χ3n) is 3.58. The molecule has 0 radical (unpaired) electrons. The first-order chi connectivity index (χ1) is 9.88. The molecule has 0 aliphatic heterocycles. The van der Waals surface area contributed by atoms with Crippen LogP contribution < -0.4 is 0 Å². The van der Waals surface area contributed by atoms with Crippen LogP contribution in [0.25, 0.3) is 10.8 Å². The molecule has 0 bridgehead atoms. The van der Waals surface area contributed by atoms with E-state index in [2.05, 4.69) is 31.2 Å². The van der Waals surface area contributed by atoms with Gasteiger partial charge in [-0.15, -0.1) is 45.7 Å². The van der Waals surface area contributed by atoms with E-state index < -0.39 is 0 Å². The number of aryl methyl sites for hydroxylation is 2. The summed E-state index contributed by atoms with van der Waals surface area (Å²) in [4.78, 5) is 0. The molecule has 0 amide bonds. The van der Waals surface area contributed by atoms with Gasteiger partial charge in [0.25, 0.3) is 0 Å². The van der Waals surface area contributed by atoms with E-state index in [1.54, 1.807) is 11.1 Å². The quantitative estimate of drug-likeness (QED) is 0.515. The minimum Gasteiger partial charge on any atom is -0.400 e. The molecule has 0 saturated carbocycles. The molecule has 0 fully saturated rings. The third kappa shape index (κ3) is 5.28. The zero-order valence-electron chi connectivity index (χ0n) is 13.5. The number of aliphatic hydroxyl groups is 3. The number of fused-ring (bicyclic) bond motifs is 3. The van der Waals surface area contributed by atoms with Crippen LogP contribution in [0.15, 0.2) is 24.3 Å². The van der Waals surface area contributed by atoms with Crippen LogP contribution in [-0.4, -0.2) is 36.6 Å². The van der Waals surface area contributed by atoms with Gasteiger partial charge in [-0.25, -0.2) is 0 Å². The van der Waals surface area contributed by atoms with Gasteiger partial charge in [0.1, 0.15) is 0 Å². The molecular formula is C17H27O3Ti-. The molecule has 0 unspecified atom stereocenters. The minimum atomic E-state index is 0. The van der Waals surface area contributed by atoms with Crippen LogP contribution in [0.3, 0.4) is 0 Å². The average Bonchev–Trinajstić information content (AvgIpc) is 2.87. The van der Waals surface area contributed by atoms with Crippen molar-refractivity contribution in [3.05, 3.63) is 41.0 Å². The summed E-state index contributed by atoms with van der Waals surface area (Å²) in [5, 5.41) is 24.0. The molecular weight excluding hydrogens is 300 g/mol. The number of aliphatic hydroxyl groups excluding tert-OH is 3. The molecule has 0 spiro atoms. The topological polar surface area (TPSA) is 60.7 Å². The Morgan fingerprint density at radius 1 is 0.857 bits per heavy atom. The van der Waals surface area contributed by atoms with Crippen molar-refractivity contribution in [3.63, 3.8) is 0 Å². The molecule has 1 aliphatic rings. The van der Waals surface area contributed by atoms with E-state index >= 15 is 0 Å². The Labute approximate surface area is 142 Å². The van der Waals surface area contributed by atoms with Crippen LogP contribution in [0.5, 0.6) is 0 Å². The second-order valence-corrected chi connectivity index (χ2v) is 4.33. The monoisotopic (exact) mass is 327 g/mol. The molecule has 1 aliphatic carbocycles. The first-order valence-electron chi connectivity index (χ1n) is 6.88. The Hall–Kier alpha value is -0.576. The van der Waals surface area contributed by atoms with Crippen molar-refractivity contribution >= 4 is 10.8 Å². The minimum absolute atomic E-state index is 0. The largest absolute Gasteiger partial charge is 0.400 e. The normalized spacial score (nSPS) is 11.4. The van der Waals surface area contributed by atoms with Gasteiger partial charge in [-0.3, -0.25) is 0 Å². The van der Waals surface area contributed by atoms with Gasteiger partial charge >= 0.3 is 0 Å². The van der Waals surface area contributed by atoms with Gasteiger partial charge < -0.3 is 15.3 Å². The standard InChI is InChI=1S/C14H15.3CH4O.Ti/c1-10-11-6-2-4-8-13(11)14-9-5-3-7-12(10)14;3*1-2;/h2,4,6,8H,3,5,7,9H2,1H3;3*2H,1H3;/q-1;;;;. The zero-order valence-corrected chi connectivity index (χ0v) is 15.0. The Balaban J connectivity index is 0. The zero-order chi connectivity index (χ0) is 15.5. The van der Waals surface area contributed by atoms with Crippen molar-refractivity contribution in [3.8, 4) is 0 Å². The summed E-state index contributed by atoms with van der Waals surface area (Å²) in [6.45, 7) is 2.28. The number of benzene rings is 1. The van der Waals surface area contributed by atoms with E-state index in [-0.39, 0.29) is 21.7 Å². The van der Waals surface area contributed by atoms with Crippen molar-refractivity contribution in [1.82, 2.24) is 0 Å². The number of rotatable bonds is 0.